The Bertz CT molecular complexity index is 487. The minimum atomic E-state index is 0.189. The zero-order valence-corrected chi connectivity index (χ0v) is 11.3. The Kier molecular flexibility index (Phi) is 3.19. The Labute approximate surface area is 105 Å². The maximum Gasteiger partial charge on any atom is 0.190 e. The molecule has 0 N–H and O–H groups in total. The van der Waals surface area contributed by atoms with Crippen LogP contribution in [-0.4, -0.2) is 20.2 Å². The molecule has 0 aromatic carbocycles. The molecule has 0 spiro atoms. The lowest BCUT2D eigenvalue weighted by Crippen LogP contribution is -2.14. The van der Waals surface area contributed by atoms with Crippen LogP contribution in [0.4, 0.5) is 0 Å². The van der Waals surface area contributed by atoms with E-state index in [0.29, 0.717) is 11.7 Å². The molecule has 4 nitrogen and oxygen atoms in total. The standard InChI is InChI=1S/C12H16N4S/c1-8(12(2,3)4)10-15-16-11(17-10)9-13-6-5-7-14-9/h5-8H,1-4H3/t8-/m0/s1. The van der Waals surface area contributed by atoms with E-state index < -0.39 is 0 Å². The highest BCUT2D eigenvalue weighted by molar-refractivity contribution is 7.14. The molecule has 2 aromatic heterocycles. The maximum absolute atomic E-state index is 4.25. The first-order valence-corrected chi connectivity index (χ1v) is 6.41. The summed E-state index contributed by atoms with van der Waals surface area (Å²) in [5, 5.41) is 10.2. The second-order valence-electron chi connectivity index (χ2n) is 5.11. The van der Waals surface area contributed by atoms with Gasteiger partial charge in [-0.1, -0.05) is 39.0 Å². The van der Waals surface area contributed by atoms with Crippen LogP contribution in [0.5, 0.6) is 0 Å². The average Bonchev–Trinajstić information content (AvgIpc) is 2.77. The molecule has 0 fully saturated rings. The van der Waals surface area contributed by atoms with Crippen molar-refractivity contribution < 1.29 is 0 Å². The summed E-state index contributed by atoms with van der Waals surface area (Å²) in [5.41, 5.74) is 0.189. The predicted molar refractivity (Wildman–Crippen MR) is 68.8 cm³/mol. The van der Waals surface area contributed by atoms with Gasteiger partial charge in [0.2, 0.25) is 0 Å². The summed E-state index contributed by atoms with van der Waals surface area (Å²) in [6, 6.07) is 1.79. The van der Waals surface area contributed by atoms with Crippen molar-refractivity contribution in [3.63, 3.8) is 0 Å². The Balaban J connectivity index is 2.28. The van der Waals surface area contributed by atoms with Crippen LogP contribution < -0.4 is 0 Å². The topological polar surface area (TPSA) is 51.6 Å². The Morgan fingerprint density at radius 2 is 1.76 bits per heavy atom. The summed E-state index contributed by atoms with van der Waals surface area (Å²) in [6.45, 7) is 8.80. The molecular formula is C12H16N4S. The van der Waals surface area contributed by atoms with Crippen LogP contribution >= 0.6 is 11.3 Å². The van der Waals surface area contributed by atoms with Crippen LogP contribution in [0.15, 0.2) is 18.5 Å². The molecule has 1 atom stereocenters. The highest BCUT2D eigenvalue weighted by Crippen LogP contribution is 2.36. The molecule has 0 aliphatic carbocycles. The third kappa shape index (κ3) is 2.66. The third-order valence-electron chi connectivity index (χ3n) is 2.87. The van der Waals surface area contributed by atoms with Gasteiger partial charge in [0.25, 0.3) is 0 Å². The third-order valence-corrected chi connectivity index (χ3v) is 3.97. The number of hydrogen-bond acceptors (Lipinski definition) is 5. The summed E-state index contributed by atoms with van der Waals surface area (Å²) in [7, 11) is 0. The molecule has 0 radical (unpaired) electrons. The van der Waals surface area contributed by atoms with Gasteiger partial charge in [0.05, 0.1) is 0 Å². The maximum atomic E-state index is 4.25. The molecule has 17 heavy (non-hydrogen) atoms. The lowest BCUT2D eigenvalue weighted by molar-refractivity contribution is 0.337. The summed E-state index contributed by atoms with van der Waals surface area (Å²) in [4.78, 5) is 8.36. The van der Waals surface area contributed by atoms with Gasteiger partial charge in [-0.2, -0.15) is 0 Å². The van der Waals surface area contributed by atoms with Gasteiger partial charge in [-0.3, -0.25) is 0 Å². The van der Waals surface area contributed by atoms with Crippen molar-refractivity contribution >= 4 is 11.3 Å². The first kappa shape index (κ1) is 12.1. The van der Waals surface area contributed by atoms with Crippen molar-refractivity contribution in [2.24, 2.45) is 5.41 Å². The fourth-order valence-electron chi connectivity index (χ4n) is 1.28. The van der Waals surface area contributed by atoms with Gasteiger partial charge < -0.3 is 0 Å². The van der Waals surface area contributed by atoms with Crippen LogP contribution in [0.25, 0.3) is 10.8 Å². The zero-order valence-electron chi connectivity index (χ0n) is 10.5. The van der Waals surface area contributed by atoms with Crippen molar-refractivity contribution in [3.05, 3.63) is 23.5 Å². The fraction of sp³-hybridized carbons (Fsp3) is 0.500. The minimum Gasteiger partial charge on any atom is -0.234 e. The molecule has 0 amide bonds. The van der Waals surface area contributed by atoms with E-state index in [9.17, 15) is 0 Å². The fourth-order valence-corrected chi connectivity index (χ4v) is 2.37. The number of rotatable bonds is 2. The monoisotopic (exact) mass is 248 g/mol. The van der Waals surface area contributed by atoms with Gasteiger partial charge in [-0.15, -0.1) is 10.2 Å². The van der Waals surface area contributed by atoms with Crippen LogP contribution in [-0.2, 0) is 0 Å². The highest BCUT2D eigenvalue weighted by Gasteiger charge is 2.25. The van der Waals surface area contributed by atoms with Gasteiger partial charge in [0.15, 0.2) is 10.8 Å². The average molecular weight is 248 g/mol. The Morgan fingerprint density at radius 1 is 1.12 bits per heavy atom. The van der Waals surface area contributed by atoms with E-state index in [1.165, 1.54) is 0 Å². The second kappa shape index (κ2) is 4.49. The number of nitrogens with zero attached hydrogens (tertiary/aromatic N) is 4. The Morgan fingerprint density at radius 3 is 2.35 bits per heavy atom. The van der Waals surface area contributed by atoms with Crippen molar-refractivity contribution in [1.82, 2.24) is 20.2 Å². The Hall–Kier alpha value is -1.36. The van der Waals surface area contributed by atoms with Crippen LogP contribution in [0.1, 0.15) is 38.6 Å². The molecule has 2 heterocycles. The lowest BCUT2D eigenvalue weighted by Gasteiger charge is -2.24. The van der Waals surface area contributed by atoms with Gasteiger partial charge in [0, 0.05) is 18.3 Å². The van der Waals surface area contributed by atoms with Gasteiger partial charge >= 0.3 is 0 Å². The van der Waals surface area contributed by atoms with E-state index in [2.05, 4.69) is 47.9 Å². The van der Waals surface area contributed by atoms with Crippen LogP contribution in [0, 0.1) is 5.41 Å². The number of aromatic nitrogens is 4. The molecule has 0 saturated carbocycles. The molecule has 0 unspecified atom stereocenters. The SMILES string of the molecule is C[C@@H](c1nnc(-c2ncccn2)s1)C(C)(C)C. The van der Waals surface area contributed by atoms with Gasteiger partial charge in [-0.05, 0) is 11.5 Å². The second-order valence-corrected chi connectivity index (χ2v) is 6.11. The normalized spacial score (nSPS) is 13.6. The predicted octanol–water partition coefficient (Wildman–Crippen LogP) is 3.14. The van der Waals surface area contributed by atoms with E-state index in [1.807, 2.05) is 0 Å². The first-order chi connectivity index (χ1) is 7.98. The molecule has 0 aliphatic heterocycles. The zero-order chi connectivity index (χ0) is 12.5. The summed E-state index contributed by atoms with van der Waals surface area (Å²) >= 11 is 1.57. The molecular weight excluding hydrogens is 232 g/mol. The molecule has 0 bridgehead atoms. The highest BCUT2D eigenvalue weighted by atomic mass is 32.1. The van der Waals surface area contributed by atoms with Crippen LogP contribution in [0.3, 0.4) is 0 Å². The molecule has 90 valence electrons. The van der Waals surface area contributed by atoms with E-state index in [4.69, 9.17) is 0 Å². The van der Waals surface area contributed by atoms with Crippen molar-refractivity contribution in [2.45, 2.75) is 33.6 Å². The van der Waals surface area contributed by atoms with Crippen molar-refractivity contribution in [1.29, 1.82) is 0 Å². The largest absolute Gasteiger partial charge is 0.234 e. The minimum absolute atomic E-state index is 0.189. The van der Waals surface area contributed by atoms with Crippen molar-refractivity contribution in [3.8, 4) is 10.8 Å². The molecule has 0 saturated heterocycles. The summed E-state index contributed by atoms with van der Waals surface area (Å²) in [6.07, 6.45) is 3.44. The smallest absolute Gasteiger partial charge is 0.190 e. The van der Waals surface area contributed by atoms with E-state index in [0.717, 1.165) is 10.0 Å². The first-order valence-electron chi connectivity index (χ1n) is 5.59. The molecule has 2 aromatic rings. The summed E-state index contributed by atoms with van der Waals surface area (Å²) < 4.78 is 0. The quantitative estimate of drug-likeness (QED) is 0.819. The van der Waals surface area contributed by atoms with Crippen molar-refractivity contribution in [2.75, 3.05) is 0 Å². The van der Waals surface area contributed by atoms with Gasteiger partial charge in [-0.25, -0.2) is 9.97 Å². The van der Waals surface area contributed by atoms with Gasteiger partial charge in [0.1, 0.15) is 5.01 Å². The van der Waals surface area contributed by atoms with Crippen LogP contribution in [0.2, 0.25) is 0 Å². The molecule has 0 aliphatic rings. The van der Waals surface area contributed by atoms with E-state index >= 15 is 0 Å². The molecule has 5 heteroatoms. The molecule has 2 rings (SSSR count). The van der Waals surface area contributed by atoms with E-state index in [1.54, 1.807) is 29.8 Å². The van der Waals surface area contributed by atoms with E-state index in [-0.39, 0.29) is 5.41 Å². The lowest BCUT2D eigenvalue weighted by atomic mass is 9.83. The summed E-state index contributed by atoms with van der Waals surface area (Å²) in [5.74, 6) is 1.02. The number of hydrogen-bond donors (Lipinski definition) is 0.